The zero-order valence-electron chi connectivity index (χ0n) is 11.7. The van der Waals surface area contributed by atoms with Crippen LogP contribution in [0.25, 0.3) is 33.6 Å². The third kappa shape index (κ3) is 2.27. The third-order valence-corrected chi connectivity index (χ3v) is 3.61. The largest absolute Gasteiger partial charge is 0.436 e. The van der Waals surface area contributed by atoms with Gasteiger partial charge in [-0.1, -0.05) is 42.5 Å². The summed E-state index contributed by atoms with van der Waals surface area (Å²) in [6, 6.07) is 20.5. The van der Waals surface area contributed by atoms with Gasteiger partial charge in [0.1, 0.15) is 5.82 Å². The topological polar surface area (TPSA) is 26.0 Å². The van der Waals surface area contributed by atoms with Gasteiger partial charge in [-0.05, 0) is 35.0 Å². The fourth-order valence-electron chi connectivity index (χ4n) is 2.51. The summed E-state index contributed by atoms with van der Waals surface area (Å²) in [6.45, 7) is 0. The van der Waals surface area contributed by atoms with Gasteiger partial charge in [0.25, 0.3) is 0 Å². The Hall–Kier alpha value is -2.94. The zero-order chi connectivity index (χ0) is 14.9. The minimum atomic E-state index is -0.303. The van der Waals surface area contributed by atoms with E-state index in [-0.39, 0.29) is 5.82 Å². The first-order chi connectivity index (χ1) is 10.8. The van der Waals surface area contributed by atoms with Crippen molar-refractivity contribution in [3.63, 3.8) is 0 Å². The van der Waals surface area contributed by atoms with E-state index in [0.717, 1.165) is 10.9 Å². The van der Waals surface area contributed by atoms with Gasteiger partial charge in [0.05, 0.1) is 6.20 Å². The van der Waals surface area contributed by atoms with E-state index in [1.165, 1.54) is 17.5 Å². The fraction of sp³-hybridized carbons (Fsp3) is 0. The first-order valence-corrected chi connectivity index (χ1v) is 7.00. The zero-order valence-corrected chi connectivity index (χ0v) is 11.7. The summed E-state index contributed by atoms with van der Waals surface area (Å²) in [6.07, 6.45) is 1.67. The molecule has 0 amide bonds. The van der Waals surface area contributed by atoms with Crippen LogP contribution < -0.4 is 0 Å². The van der Waals surface area contributed by atoms with E-state index in [2.05, 4.69) is 29.2 Å². The Bertz CT molecular complexity index is 958. The second-order valence-electron chi connectivity index (χ2n) is 5.10. The lowest BCUT2D eigenvalue weighted by Crippen LogP contribution is -1.78. The van der Waals surface area contributed by atoms with E-state index >= 15 is 0 Å². The van der Waals surface area contributed by atoms with Crippen LogP contribution in [-0.2, 0) is 0 Å². The molecule has 0 fully saturated rings. The van der Waals surface area contributed by atoms with Crippen molar-refractivity contribution in [1.82, 2.24) is 4.98 Å². The quantitative estimate of drug-likeness (QED) is 0.500. The molecule has 0 bridgehead atoms. The molecule has 0 N–H and O–H groups in total. The lowest BCUT2D eigenvalue weighted by molar-refractivity contribution is 0.586. The summed E-state index contributed by atoms with van der Waals surface area (Å²) < 4.78 is 19.1. The molecule has 1 aromatic heterocycles. The van der Waals surface area contributed by atoms with Gasteiger partial charge in [-0.2, -0.15) is 0 Å². The van der Waals surface area contributed by atoms with Crippen LogP contribution in [0.1, 0.15) is 0 Å². The van der Waals surface area contributed by atoms with Gasteiger partial charge in [-0.15, -0.1) is 0 Å². The second kappa shape index (κ2) is 5.11. The smallest absolute Gasteiger partial charge is 0.226 e. The molecule has 0 spiro atoms. The monoisotopic (exact) mass is 289 g/mol. The highest BCUT2D eigenvalue weighted by atomic mass is 19.1. The van der Waals surface area contributed by atoms with Gasteiger partial charge in [0.2, 0.25) is 5.89 Å². The van der Waals surface area contributed by atoms with E-state index in [1.807, 2.05) is 18.2 Å². The summed E-state index contributed by atoms with van der Waals surface area (Å²) in [5.41, 5.74) is 1.58. The number of nitrogens with zero attached hydrogens (tertiary/aromatic N) is 1. The first kappa shape index (κ1) is 12.8. The van der Waals surface area contributed by atoms with E-state index in [0.29, 0.717) is 17.2 Å². The van der Waals surface area contributed by atoms with Crippen LogP contribution >= 0.6 is 0 Å². The third-order valence-electron chi connectivity index (χ3n) is 3.61. The van der Waals surface area contributed by atoms with Crippen molar-refractivity contribution in [3.8, 4) is 22.8 Å². The maximum Gasteiger partial charge on any atom is 0.226 e. The number of rotatable bonds is 2. The lowest BCUT2D eigenvalue weighted by Gasteiger charge is -2.00. The Kier molecular flexibility index (Phi) is 2.97. The molecule has 4 rings (SSSR count). The maximum absolute atomic E-state index is 13.3. The predicted octanol–water partition coefficient (Wildman–Crippen LogP) is 5.30. The van der Waals surface area contributed by atoms with E-state index < -0.39 is 0 Å². The van der Waals surface area contributed by atoms with Gasteiger partial charge >= 0.3 is 0 Å². The number of fused-ring (bicyclic) bond motifs is 1. The molecule has 4 aromatic rings. The van der Waals surface area contributed by atoms with Crippen molar-refractivity contribution in [1.29, 1.82) is 0 Å². The van der Waals surface area contributed by atoms with Crippen LogP contribution in [0.4, 0.5) is 4.39 Å². The van der Waals surface area contributed by atoms with Gasteiger partial charge in [0.15, 0.2) is 5.76 Å². The number of hydrogen-bond donors (Lipinski definition) is 0. The molecule has 0 saturated carbocycles. The van der Waals surface area contributed by atoms with Crippen molar-refractivity contribution in [2.75, 3.05) is 0 Å². The number of aromatic nitrogens is 1. The molecule has 3 aromatic carbocycles. The predicted molar refractivity (Wildman–Crippen MR) is 84.8 cm³/mol. The molecule has 22 heavy (non-hydrogen) atoms. The molecule has 3 heteroatoms. The molecular formula is C19H12FNO. The molecule has 1 heterocycles. The number of benzene rings is 3. The van der Waals surface area contributed by atoms with E-state index in [4.69, 9.17) is 4.42 Å². The highest BCUT2D eigenvalue weighted by molar-refractivity contribution is 5.86. The standard InChI is InChI=1S/C19H12FNO/c20-17-7-3-6-16(11-17)19-21-12-18(22-19)15-9-8-13-4-1-2-5-14(13)10-15/h1-12H. The van der Waals surface area contributed by atoms with Crippen molar-refractivity contribution < 1.29 is 8.81 Å². The Morgan fingerprint density at radius 3 is 2.50 bits per heavy atom. The summed E-state index contributed by atoms with van der Waals surface area (Å²) >= 11 is 0. The Morgan fingerprint density at radius 1 is 0.773 bits per heavy atom. The van der Waals surface area contributed by atoms with Crippen molar-refractivity contribution >= 4 is 10.8 Å². The van der Waals surface area contributed by atoms with Crippen LogP contribution in [0.3, 0.4) is 0 Å². The molecule has 0 unspecified atom stereocenters. The highest BCUT2D eigenvalue weighted by Gasteiger charge is 2.09. The molecule has 0 aliphatic heterocycles. The van der Waals surface area contributed by atoms with Crippen molar-refractivity contribution in [2.45, 2.75) is 0 Å². The molecule has 0 aliphatic rings. The van der Waals surface area contributed by atoms with Gasteiger partial charge in [-0.25, -0.2) is 9.37 Å². The van der Waals surface area contributed by atoms with Gasteiger partial charge in [0, 0.05) is 11.1 Å². The van der Waals surface area contributed by atoms with Crippen molar-refractivity contribution in [3.05, 3.63) is 78.7 Å². The van der Waals surface area contributed by atoms with Gasteiger partial charge < -0.3 is 4.42 Å². The van der Waals surface area contributed by atoms with Crippen LogP contribution in [0.5, 0.6) is 0 Å². The van der Waals surface area contributed by atoms with Crippen molar-refractivity contribution in [2.24, 2.45) is 0 Å². The summed E-state index contributed by atoms with van der Waals surface area (Å²) in [5.74, 6) is 0.788. The normalized spacial score (nSPS) is 11.0. The highest BCUT2D eigenvalue weighted by Crippen LogP contribution is 2.28. The SMILES string of the molecule is Fc1cccc(-c2ncc(-c3ccc4ccccc4c3)o2)c1. The summed E-state index contributed by atoms with van der Waals surface area (Å²) in [5, 5.41) is 2.32. The van der Waals surface area contributed by atoms with Crippen LogP contribution in [0.2, 0.25) is 0 Å². The molecule has 106 valence electrons. The average Bonchev–Trinajstić information content (AvgIpc) is 3.04. The Balaban J connectivity index is 1.76. The molecular weight excluding hydrogens is 277 g/mol. The molecule has 2 nitrogen and oxygen atoms in total. The average molecular weight is 289 g/mol. The number of halogens is 1. The van der Waals surface area contributed by atoms with E-state index in [9.17, 15) is 4.39 Å². The summed E-state index contributed by atoms with van der Waals surface area (Å²) in [7, 11) is 0. The number of oxazole rings is 1. The minimum Gasteiger partial charge on any atom is -0.436 e. The Morgan fingerprint density at radius 2 is 1.64 bits per heavy atom. The molecule has 0 saturated heterocycles. The van der Waals surface area contributed by atoms with Gasteiger partial charge in [-0.3, -0.25) is 0 Å². The lowest BCUT2D eigenvalue weighted by atomic mass is 10.1. The first-order valence-electron chi connectivity index (χ1n) is 7.00. The number of hydrogen-bond acceptors (Lipinski definition) is 2. The molecule has 0 radical (unpaired) electrons. The van der Waals surface area contributed by atoms with Crippen LogP contribution in [0.15, 0.2) is 77.3 Å². The van der Waals surface area contributed by atoms with Crippen LogP contribution in [0, 0.1) is 5.82 Å². The molecule has 0 atom stereocenters. The minimum absolute atomic E-state index is 0.303. The Labute approximate surface area is 126 Å². The van der Waals surface area contributed by atoms with Crippen LogP contribution in [-0.4, -0.2) is 4.98 Å². The molecule has 0 aliphatic carbocycles. The van der Waals surface area contributed by atoms with E-state index in [1.54, 1.807) is 18.3 Å². The fourth-order valence-corrected chi connectivity index (χ4v) is 2.51. The maximum atomic E-state index is 13.3. The summed E-state index contributed by atoms with van der Waals surface area (Å²) in [4.78, 5) is 4.25. The second-order valence-corrected chi connectivity index (χ2v) is 5.10.